The van der Waals surface area contributed by atoms with E-state index in [-0.39, 0.29) is 0 Å². The van der Waals surface area contributed by atoms with Gasteiger partial charge in [-0.05, 0) is 24.3 Å². The summed E-state index contributed by atoms with van der Waals surface area (Å²) in [6.07, 6.45) is 1.52. The van der Waals surface area contributed by atoms with Crippen molar-refractivity contribution in [3.8, 4) is 0 Å². The highest BCUT2D eigenvalue weighted by molar-refractivity contribution is 5.97. The number of ether oxygens (including phenoxy) is 1. The van der Waals surface area contributed by atoms with Gasteiger partial charge in [0.15, 0.2) is 11.6 Å². The van der Waals surface area contributed by atoms with Crippen LogP contribution in [0.5, 0.6) is 0 Å². The Labute approximate surface area is 181 Å². The molecule has 0 aliphatic carbocycles. The van der Waals surface area contributed by atoms with Crippen molar-refractivity contribution < 1.29 is 9.53 Å². The van der Waals surface area contributed by atoms with Crippen molar-refractivity contribution in [1.82, 2.24) is 9.97 Å². The van der Waals surface area contributed by atoms with Gasteiger partial charge in [0.25, 0.3) is 0 Å². The highest BCUT2D eigenvalue weighted by Crippen LogP contribution is 2.34. The van der Waals surface area contributed by atoms with E-state index in [1.54, 1.807) is 17.0 Å². The normalized spacial score (nSPS) is 13.7. The van der Waals surface area contributed by atoms with E-state index in [0.717, 1.165) is 26.2 Å². The van der Waals surface area contributed by atoms with Crippen molar-refractivity contribution in [2.24, 2.45) is 0 Å². The molecule has 8 nitrogen and oxygen atoms in total. The molecule has 2 aromatic carbocycles. The van der Waals surface area contributed by atoms with Gasteiger partial charge >= 0.3 is 5.97 Å². The Hall–Kier alpha value is -3.81. The smallest absolute Gasteiger partial charge is 0.339 e. The zero-order valence-corrected chi connectivity index (χ0v) is 17.7. The summed E-state index contributed by atoms with van der Waals surface area (Å²) in [6, 6.07) is 17.6. The Morgan fingerprint density at radius 2 is 1.61 bits per heavy atom. The molecule has 0 amide bonds. The molecule has 0 spiro atoms. The number of methoxy groups -OCH3 is 1. The van der Waals surface area contributed by atoms with Crippen LogP contribution in [-0.2, 0) is 4.74 Å². The molecule has 160 valence electrons. The van der Waals surface area contributed by atoms with Crippen molar-refractivity contribution in [2.75, 3.05) is 60.8 Å². The fraction of sp³-hybridized carbons (Fsp3) is 0.261. The molecule has 1 aliphatic rings. The van der Waals surface area contributed by atoms with Crippen LogP contribution in [0.1, 0.15) is 10.4 Å². The summed E-state index contributed by atoms with van der Waals surface area (Å²) in [5.41, 5.74) is 9.34. The molecule has 3 aromatic rings. The minimum Gasteiger partial charge on any atom is -0.465 e. The maximum absolute atomic E-state index is 12.2. The van der Waals surface area contributed by atoms with Crippen LogP contribution in [0.4, 0.5) is 28.7 Å². The van der Waals surface area contributed by atoms with Crippen molar-refractivity contribution >= 4 is 34.7 Å². The van der Waals surface area contributed by atoms with Crippen LogP contribution in [-0.4, -0.2) is 56.3 Å². The number of carbonyl (C=O) groups is 1. The zero-order chi connectivity index (χ0) is 21.8. The van der Waals surface area contributed by atoms with Gasteiger partial charge in [0.2, 0.25) is 0 Å². The Kier molecular flexibility index (Phi) is 5.88. The monoisotopic (exact) mass is 418 g/mol. The number of nitrogens with two attached hydrogens (primary N) is 1. The number of nitrogen functional groups attached to an aromatic ring is 1. The molecular formula is C23H26N6O2. The highest BCUT2D eigenvalue weighted by Gasteiger charge is 2.24. The second-order valence-corrected chi connectivity index (χ2v) is 7.31. The molecule has 8 heteroatoms. The van der Waals surface area contributed by atoms with E-state index in [0.29, 0.717) is 28.6 Å². The molecule has 0 atom stereocenters. The maximum atomic E-state index is 12.2. The van der Waals surface area contributed by atoms with E-state index < -0.39 is 5.97 Å². The summed E-state index contributed by atoms with van der Waals surface area (Å²) >= 11 is 0. The molecule has 0 radical (unpaired) electrons. The fourth-order valence-electron chi connectivity index (χ4n) is 3.87. The Morgan fingerprint density at radius 3 is 2.32 bits per heavy atom. The first-order valence-corrected chi connectivity index (χ1v) is 10.2. The first kappa shape index (κ1) is 20.5. The third-order valence-corrected chi connectivity index (χ3v) is 5.53. The van der Waals surface area contributed by atoms with Crippen LogP contribution in [0.3, 0.4) is 0 Å². The molecule has 1 aromatic heterocycles. The molecule has 2 heterocycles. The molecule has 2 N–H and O–H groups in total. The van der Waals surface area contributed by atoms with Crippen molar-refractivity contribution in [2.45, 2.75) is 0 Å². The zero-order valence-electron chi connectivity index (χ0n) is 17.7. The van der Waals surface area contributed by atoms with Crippen LogP contribution in [0.25, 0.3) is 0 Å². The highest BCUT2D eigenvalue weighted by atomic mass is 16.5. The van der Waals surface area contributed by atoms with Crippen LogP contribution >= 0.6 is 0 Å². The minimum absolute atomic E-state index is 0.410. The topological polar surface area (TPSA) is 87.8 Å². The van der Waals surface area contributed by atoms with Crippen molar-refractivity contribution in [3.63, 3.8) is 0 Å². The lowest BCUT2D eigenvalue weighted by Crippen LogP contribution is -2.47. The number of carbonyl (C=O) groups excluding carboxylic acids is 1. The molecule has 4 rings (SSSR count). The van der Waals surface area contributed by atoms with Gasteiger partial charge in [-0.25, -0.2) is 14.8 Å². The van der Waals surface area contributed by atoms with E-state index in [1.165, 1.54) is 19.1 Å². The number of nitrogens with zero attached hydrogens (tertiary/aromatic N) is 5. The average Bonchev–Trinajstić information content (AvgIpc) is 2.84. The summed E-state index contributed by atoms with van der Waals surface area (Å²) in [5, 5.41) is 0. The van der Waals surface area contributed by atoms with Crippen LogP contribution in [0.2, 0.25) is 0 Å². The molecule has 0 bridgehead atoms. The summed E-state index contributed by atoms with van der Waals surface area (Å²) in [4.78, 5) is 27.4. The lowest BCUT2D eigenvalue weighted by Gasteiger charge is -2.37. The molecule has 1 fully saturated rings. The molecular weight excluding hydrogens is 392 g/mol. The lowest BCUT2D eigenvalue weighted by molar-refractivity contribution is 0.0601. The second kappa shape index (κ2) is 8.91. The summed E-state index contributed by atoms with van der Waals surface area (Å²) < 4.78 is 4.92. The van der Waals surface area contributed by atoms with Gasteiger partial charge in [0, 0.05) is 38.9 Å². The number of esters is 1. The quantitative estimate of drug-likeness (QED) is 0.633. The van der Waals surface area contributed by atoms with Crippen molar-refractivity contribution in [3.05, 3.63) is 66.5 Å². The fourth-order valence-corrected chi connectivity index (χ4v) is 3.87. The van der Waals surface area contributed by atoms with Gasteiger partial charge in [-0.2, -0.15) is 0 Å². The molecule has 31 heavy (non-hydrogen) atoms. The first-order chi connectivity index (χ1) is 15.1. The number of benzene rings is 2. The summed E-state index contributed by atoms with van der Waals surface area (Å²) in [5.74, 6) is 0.847. The van der Waals surface area contributed by atoms with Crippen LogP contribution < -0.4 is 20.4 Å². The maximum Gasteiger partial charge on any atom is 0.339 e. The number of rotatable bonds is 5. The number of hydrogen-bond acceptors (Lipinski definition) is 8. The average molecular weight is 419 g/mol. The Balaban J connectivity index is 1.56. The number of anilines is 5. The Morgan fingerprint density at radius 1 is 0.968 bits per heavy atom. The number of hydrogen-bond donors (Lipinski definition) is 1. The standard InChI is InChI=1S/C23H26N6O2/c1-27(19-11-7-6-10-18(19)23(30)31-2)21-20(24)22(26-16-25-21)29-14-12-28(13-15-29)17-8-4-3-5-9-17/h3-11,16H,12-15,24H2,1-2H3. The molecule has 0 unspecified atom stereocenters. The first-order valence-electron chi connectivity index (χ1n) is 10.2. The summed E-state index contributed by atoms with van der Waals surface area (Å²) in [6.45, 7) is 3.36. The van der Waals surface area contributed by atoms with Gasteiger partial charge in [0.05, 0.1) is 18.4 Å². The molecule has 1 aliphatic heterocycles. The number of piperazine rings is 1. The number of para-hydroxylation sites is 2. The van der Waals surface area contributed by atoms with Gasteiger partial charge in [-0.15, -0.1) is 0 Å². The minimum atomic E-state index is -0.410. The van der Waals surface area contributed by atoms with Crippen LogP contribution in [0, 0.1) is 0 Å². The van der Waals surface area contributed by atoms with E-state index >= 15 is 0 Å². The van der Waals surface area contributed by atoms with E-state index in [1.807, 2.05) is 25.2 Å². The number of aromatic nitrogens is 2. The molecule has 0 saturated carbocycles. The SMILES string of the molecule is COC(=O)c1ccccc1N(C)c1ncnc(N2CCN(c3ccccc3)CC2)c1N. The van der Waals surface area contributed by atoms with E-state index in [9.17, 15) is 4.79 Å². The van der Waals surface area contributed by atoms with E-state index in [2.05, 4.69) is 44.0 Å². The predicted molar refractivity (Wildman–Crippen MR) is 123 cm³/mol. The Bertz CT molecular complexity index is 1050. The summed E-state index contributed by atoms with van der Waals surface area (Å²) in [7, 11) is 3.20. The lowest BCUT2D eigenvalue weighted by atomic mass is 10.1. The third-order valence-electron chi connectivity index (χ3n) is 5.53. The van der Waals surface area contributed by atoms with Gasteiger partial charge in [-0.3, -0.25) is 0 Å². The van der Waals surface area contributed by atoms with Gasteiger partial charge in [-0.1, -0.05) is 30.3 Å². The largest absolute Gasteiger partial charge is 0.465 e. The second-order valence-electron chi connectivity index (χ2n) is 7.31. The predicted octanol–water partition coefficient (Wildman–Crippen LogP) is 2.94. The van der Waals surface area contributed by atoms with Crippen LogP contribution in [0.15, 0.2) is 60.9 Å². The van der Waals surface area contributed by atoms with Crippen molar-refractivity contribution in [1.29, 1.82) is 0 Å². The van der Waals surface area contributed by atoms with Gasteiger partial charge < -0.3 is 25.2 Å². The molecule has 1 saturated heterocycles. The van der Waals surface area contributed by atoms with Gasteiger partial charge in [0.1, 0.15) is 12.0 Å². The van der Waals surface area contributed by atoms with E-state index in [4.69, 9.17) is 10.5 Å². The third kappa shape index (κ3) is 4.09.